The topological polar surface area (TPSA) is 0 Å². The minimum atomic E-state index is 0.189. The summed E-state index contributed by atoms with van der Waals surface area (Å²) in [4.78, 5) is 2.67. The quantitative estimate of drug-likeness (QED) is 0.515. The number of hydrogen-bond acceptors (Lipinski definition) is 2. The Morgan fingerprint density at radius 2 is 0.875 bits per heavy atom. The van der Waals surface area contributed by atoms with Crippen molar-refractivity contribution in [3.8, 4) is 0 Å². The molecule has 0 spiro atoms. The predicted octanol–water partition coefficient (Wildman–Crippen LogP) is 7.70. The standard InChI is InChI=1S/C22H30S2/c1-15-9-17(21(3,4)5)13-19(11-15)23-24-20-12-16(2)10-18(14-20)22(6,7)8/h9-14H,1-8H3. The van der Waals surface area contributed by atoms with Crippen LogP contribution in [0.4, 0.5) is 0 Å². The van der Waals surface area contributed by atoms with Crippen molar-refractivity contribution in [3.05, 3.63) is 58.7 Å². The van der Waals surface area contributed by atoms with E-state index in [1.807, 2.05) is 21.6 Å². The van der Waals surface area contributed by atoms with E-state index in [1.165, 1.54) is 32.0 Å². The zero-order valence-corrected chi connectivity index (χ0v) is 17.9. The molecule has 0 saturated carbocycles. The highest BCUT2D eigenvalue weighted by Crippen LogP contribution is 2.41. The molecule has 24 heavy (non-hydrogen) atoms. The van der Waals surface area contributed by atoms with Crippen LogP contribution in [-0.2, 0) is 10.8 Å². The van der Waals surface area contributed by atoms with Gasteiger partial charge in [0.2, 0.25) is 0 Å². The molecule has 0 nitrogen and oxygen atoms in total. The third-order valence-electron chi connectivity index (χ3n) is 4.07. The number of benzene rings is 2. The summed E-state index contributed by atoms with van der Waals surface area (Å²) >= 11 is 0. The molecule has 0 atom stereocenters. The summed E-state index contributed by atoms with van der Waals surface area (Å²) in [5.41, 5.74) is 5.87. The Hall–Kier alpha value is -0.860. The molecule has 0 aliphatic rings. The zero-order valence-electron chi connectivity index (χ0n) is 16.3. The van der Waals surface area contributed by atoms with Crippen LogP contribution in [0.3, 0.4) is 0 Å². The highest BCUT2D eigenvalue weighted by Gasteiger charge is 2.16. The Kier molecular flexibility index (Phi) is 5.82. The van der Waals surface area contributed by atoms with E-state index >= 15 is 0 Å². The van der Waals surface area contributed by atoms with Gasteiger partial charge in [-0.2, -0.15) is 0 Å². The summed E-state index contributed by atoms with van der Waals surface area (Å²) < 4.78 is 0. The fourth-order valence-corrected chi connectivity index (χ4v) is 4.72. The van der Waals surface area contributed by atoms with Gasteiger partial charge in [0.05, 0.1) is 0 Å². The normalized spacial score (nSPS) is 12.5. The van der Waals surface area contributed by atoms with E-state index in [0.717, 1.165) is 0 Å². The second-order valence-corrected chi connectivity index (χ2v) is 11.0. The van der Waals surface area contributed by atoms with Crippen molar-refractivity contribution in [1.29, 1.82) is 0 Å². The molecule has 130 valence electrons. The maximum absolute atomic E-state index is 2.34. The minimum absolute atomic E-state index is 0.189. The molecular formula is C22H30S2. The monoisotopic (exact) mass is 358 g/mol. The van der Waals surface area contributed by atoms with Gasteiger partial charge in [0.1, 0.15) is 0 Å². The third-order valence-corrected chi connectivity index (χ3v) is 6.41. The smallest absolute Gasteiger partial charge is 0.0191 e. The van der Waals surface area contributed by atoms with Crippen LogP contribution >= 0.6 is 21.6 Å². The highest BCUT2D eigenvalue weighted by molar-refractivity contribution is 8.76. The van der Waals surface area contributed by atoms with Crippen molar-refractivity contribution < 1.29 is 0 Å². The summed E-state index contributed by atoms with van der Waals surface area (Å²) in [6.45, 7) is 18.0. The van der Waals surface area contributed by atoms with Crippen LogP contribution in [-0.4, -0.2) is 0 Å². The number of aryl methyl sites for hydroxylation is 2. The van der Waals surface area contributed by atoms with Crippen LogP contribution in [0.5, 0.6) is 0 Å². The van der Waals surface area contributed by atoms with Gasteiger partial charge in [-0.1, -0.05) is 75.3 Å². The summed E-state index contributed by atoms with van der Waals surface area (Å²) in [6, 6.07) is 13.9. The van der Waals surface area contributed by atoms with Gasteiger partial charge >= 0.3 is 0 Å². The van der Waals surface area contributed by atoms with Crippen molar-refractivity contribution in [3.63, 3.8) is 0 Å². The van der Waals surface area contributed by atoms with Crippen molar-refractivity contribution in [2.75, 3.05) is 0 Å². The maximum Gasteiger partial charge on any atom is 0.0191 e. The molecule has 0 aliphatic carbocycles. The van der Waals surface area contributed by atoms with E-state index in [-0.39, 0.29) is 10.8 Å². The van der Waals surface area contributed by atoms with Crippen LogP contribution in [0.1, 0.15) is 63.8 Å². The second kappa shape index (κ2) is 7.17. The molecule has 0 aromatic heterocycles. The first-order valence-corrected chi connectivity index (χ1v) is 10.7. The fraction of sp³-hybridized carbons (Fsp3) is 0.455. The average molecular weight is 359 g/mol. The van der Waals surface area contributed by atoms with Gasteiger partial charge in [-0.3, -0.25) is 0 Å². The van der Waals surface area contributed by atoms with E-state index < -0.39 is 0 Å². The van der Waals surface area contributed by atoms with Gasteiger partial charge in [0, 0.05) is 9.79 Å². The number of rotatable bonds is 3. The van der Waals surface area contributed by atoms with Gasteiger partial charge in [-0.05, 0) is 71.2 Å². The predicted molar refractivity (Wildman–Crippen MR) is 111 cm³/mol. The minimum Gasteiger partial charge on any atom is -0.0561 e. The fourth-order valence-electron chi connectivity index (χ4n) is 2.55. The van der Waals surface area contributed by atoms with E-state index in [9.17, 15) is 0 Å². The lowest BCUT2D eigenvalue weighted by Gasteiger charge is -2.21. The first-order valence-electron chi connectivity index (χ1n) is 8.54. The Labute approximate surface area is 156 Å². The second-order valence-electron chi connectivity index (χ2n) is 8.74. The van der Waals surface area contributed by atoms with E-state index in [4.69, 9.17) is 0 Å². The van der Waals surface area contributed by atoms with Gasteiger partial charge in [0.15, 0.2) is 0 Å². The number of hydrogen-bond donors (Lipinski definition) is 0. The molecule has 2 aromatic carbocycles. The van der Waals surface area contributed by atoms with Crippen LogP contribution in [0, 0.1) is 13.8 Å². The first-order chi connectivity index (χ1) is 10.9. The van der Waals surface area contributed by atoms with E-state index in [2.05, 4.69) is 91.8 Å². The van der Waals surface area contributed by atoms with Crippen molar-refractivity contribution in [2.45, 2.75) is 76.0 Å². The maximum atomic E-state index is 2.34. The Balaban J connectivity index is 2.23. The lowest BCUT2D eigenvalue weighted by atomic mass is 9.86. The summed E-state index contributed by atoms with van der Waals surface area (Å²) in [5.74, 6) is 0. The molecule has 0 fully saturated rings. The molecule has 2 aromatic rings. The van der Waals surface area contributed by atoms with Crippen LogP contribution in [0.25, 0.3) is 0 Å². The summed E-state index contributed by atoms with van der Waals surface area (Å²) in [6.07, 6.45) is 0. The van der Waals surface area contributed by atoms with Crippen LogP contribution in [0.2, 0.25) is 0 Å². The lowest BCUT2D eigenvalue weighted by molar-refractivity contribution is 0.588. The SMILES string of the molecule is Cc1cc(SSc2cc(C)cc(C(C)(C)C)c2)cc(C(C)(C)C)c1. The van der Waals surface area contributed by atoms with Crippen LogP contribution in [0.15, 0.2) is 46.2 Å². The Morgan fingerprint density at radius 1 is 0.542 bits per heavy atom. The molecule has 0 heterocycles. The largest absolute Gasteiger partial charge is 0.0561 e. The molecular weight excluding hydrogens is 328 g/mol. The molecule has 2 rings (SSSR count). The van der Waals surface area contributed by atoms with Crippen molar-refractivity contribution in [1.82, 2.24) is 0 Å². The Bertz CT molecular complexity index is 652. The molecule has 0 amide bonds. The molecule has 0 N–H and O–H groups in total. The van der Waals surface area contributed by atoms with Gasteiger partial charge in [-0.25, -0.2) is 0 Å². The molecule has 0 bridgehead atoms. The average Bonchev–Trinajstić information content (AvgIpc) is 2.42. The van der Waals surface area contributed by atoms with Gasteiger partial charge < -0.3 is 0 Å². The molecule has 2 heteroatoms. The van der Waals surface area contributed by atoms with Gasteiger partial charge in [0.25, 0.3) is 0 Å². The summed E-state index contributed by atoms with van der Waals surface area (Å²) in [5, 5.41) is 0. The van der Waals surface area contributed by atoms with Crippen molar-refractivity contribution in [2.24, 2.45) is 0 Å². The summed E-state index contributed by atoms with van der Waals surface area (Å²) in [7, 11) is 3.73. The molecule has 0 radical (unpaired) electrons. The molecule has 0 unspecified atom stereocenters. The van der Waals surface area contributed by atoms with E-state index in [1.54, 1.807) is 0 Å². The Morgan fingerprint density at radius 3 is 1.17 bits per heavy atom. The molecule has 0 aliphatic heterocycles. The highest BCUT2D eigenvalue weighted by atomic mass is 33.1. The van der Waals surface area contributed by atoms with Crippen LogP contribution < -0.4 is 0 Å². The van der Waals surface area contributed by atoms with E-state index in [0.29, 0.717) is 0 Å². The van der Waals surface area contributed by atoms with Crippen molar-refractivity contribution >= 4 is 21.6 Å². The zero-order chi connectivity index (χ0) is 18.1. The first kappa shape index (κ1) is 19.5. The third kappa shape index (κ3) is 5.32. The van der Waals surface area contributed by atoms with Gasteiger partial charge in [-0.15, -0.1) is 0 Å². The molecule has 0 saturated heterocycles. The lowest BCUT2D eigenvalue weighted by Crippen LogP contribution is -2.11.